The summed E-state index contributed by atoms with van der Waals surface area (Å²) < 4.78 is 5.51. The standard InChI is InChI=1S/C19H31N3O3/c1-15(17(24)22-10-2-3-16(22)13-20)21-19(14-23)6-4-18(5-7-19)8-11-25-12-9-18/h15-16,21,23H,2-12,14H2,1H3/t15?,16-/m0/s1. The van der Waals surface area contributed by atoms with Gasteiger partial charge in [0.15, 0.2) is 0 Å². The van der Waals surface area contributed by atoms with E-state index >= 15 is 0 Å². The number of amides is 1. The van der Waals surface area contributed by atoms with E-state index in [9.17, 15) is 15.2 Å². The van der Waals surface area contributed by atoms with Crippen molar-refractivity contribution in [2.75, 3.05) is 26.4 Å². The van der Waals surface area contributed by atoms with Gasteiger partial charge in [-0.15, -0.1) is 0 Å². The van der Waals surface area contributed by atoms with Gasteiger partial charge in [0.05, 0.1) is 18.7 Å². The average Bonchev–Trinajstić information content (AvgIpc) is 3.13. The molecule has 1 saturated carbocycles. The van der Waals surface area contributed by atoms with Crippen molar-refractivity contribution in [3.63, 3.8) is 0 Å². The van der Waals surface area contributed by atoms with E-state index in [4.69, 9.17) is 4.74 Å². The predicted octanol–water partition coefficient (Wildman–Crippen LogP) is 1.58. The quantitative estimate of drug-likeness (QED) is 0.805. The van der Waals surface area contributed by atoms with Gasteiger partial charge in [0, 0.05) is 25.3 Å². The van der Waals surface area contributed by atoms with Crippen molar-refractivity contribution < 1.29 is 14.6 Å². The Kier molecular flexibility index (Phi) is 5.67. The lowest BCUT2D eigenvalue weighted by Gasteiger charge is -2.48. The molecule has 2 heterocycles. The van der Waals surface area contributed by atoms with Gasteiger partial charge in [-0.3, -0.25) is 10.1 Å². The highest BCUT2D eigenvalue weighted by atomic mass is 16.5. The zero-order valence-electron chi connectivity index (χ0n) is 15.3. The summed E-state index contributed by atoms with van der Waals surface area (Å²) in [6, 6.07) is 1.57. The molecule has 25 heavy (non-hydrogen) atoms. The summed E-state index contributed by atoms with van der Waals surface area (Å²) >= 11 is 0. The maximum Gasteiger partial charge on any atom is 0.240 e. The third-order valence-corrected chi connectivity index (χ3v) is 6.70. The molecule has 1 aliphatic carbocycles. The molecule has 2 saturated heterocycles. The Morgan fingerprint density at radius 3 is 2.60 bits per heavy atom. The highest BCUT2D eigenvalue weighted by Crippen LogP contribution is 2.47. The topological polar surface area (TPSA) is 85.6 Å². The fourth-order valence-corrected chi connectivity index (χ4v) is 4.85. The van der Waals surface area contributed by atoms with Crippen LogP contribution in [0, 0.1) is 16.7 Å². The van der Waals surface area contributed by atoms with Crippen LogP contribution in [0.15, 0.2) is 0 Å². The maximum absolute atomic E-state index is 12.8. The summed E-state index contributed by atoms with van der Waals surface area (Å²) in [7, 11) is 0. The SMILES string of the molecule is CC(NC1(CO)CCC2(CCOCC2)CC1)C(=O)N1CCC[C@H]1C#N. The molecule has 3 rings (SSSR count). The van der Waals surface area contributed by atoms with Crippen molar-refractivity contribution in [3.05, 3.63) is 0 Å². The third kappa shape index (κ3) is 3.84. The van der Waals surface area contributed by atoms with E-state index in [1.54, 1.807) is 4.90 Å². The Bertz CT molecular complexity index is 514. The first-order valence-electron chi connectivity index (χ1n) is 9.70. The smallest absolute Gasteiger partial charge is 0.240 e. The van der Waals surface area contributed by atoms with Gasteiger partial charge < -0.3 is 14.7 Å². The van der Waals surface area contributed by atoms with Crippen molar-refractivity contribution >= 4 is 5.91 Å². The number of nitriles is 1. The van der Waals surface area contributed by atoms with Crippen LogP contribution in [0.3, 0.4) is 0 Å². The normalized spacial score (nSPS) is 29.3. The van der Waals surface area contributed by atoms with Gasteiger partial charge in [-0.25, -0.2) is 0 Å². The summed E-state index contributed by atoms with van der Waals surface area (Å²) in [4.78, 5) is 14.5. The van der Waals surface area contributed by atoms with E-state index in [2.05, 4.69) is 11.4 Å². The van der Waals surface area contributed by atoms with E-state index in [0.29, 0.717) is 12.0 Å². The number of nitrogens with zero attached hydrogens (tertiary/aromatic N) is 2. The second kappa shape index (κ2) is 7.61. The van der Waals surface area contributed by atoms with Crippen LogP contribution < -0.4 is 5.32 Å². The molecule has 0 aromatic rings. The number of hydrogen-bond acceptors (Lipinski definition) is 5. The lowest BCUT2D eigenvalue weighted by atomic mass is 9.64. The first kappa shape index (κ1) is 18.6. The van der Waals surface area contributed by atoms with E-state index in [-0.39, 0.29) is 30.1 Å². The third-order valence-electron chi connectivity index (χ3n) is 6.70. The number of rotatable bonds is 4. The summed E-state index contributed by atoms with van der Waals surface area (Å²) in [5.74, 6) is -0.0109. The Labute approximate surface area is 150 Å². The van der Waals surface area contributed by atoms with Crippen LogP contribution in [-0.2, 0) is 9.53 Å². The summed E-state index contributed by atoms with van der Waals surface area (Å²) in [5.41, 5.74) is -0.00675. The molecule has 1 unspecified atom stereocenters. The molecular formula is C19H31N3O3. The first-order chi connectivity index (χ1) is 12.0. The van der Waals surface area contributed by atoms with Gasteiger partial charge in [0.1, 0.15) is 6.04 Å². The lowest BCUT2D eigenvalue weighted by molar-refractivity contribution is -0.134. The molecule has 0 bridgehead atoms. The van der Waals surface area contributed by atoms with Crippen molar-refractivity contribution in [3.8, 4) is 6.07 Å². The number of nitrogens with one attached hydrogen (secondary N) is 1. The molecule has 2 atom stereocenters. The summed E-state index contributed by atoms with van der Waals surface area (Å²) in [5, 5.41) is 22.7. The van der Waals surface area contributed by atoms with Crippen LogP contribution >= 0.6 is 0 Å². The van der Waals surface area contributed by atoms with E-state index < -0.39 is 0 Å². The van der Waals surface area contributed by atoms with Gasteiger partial charge in [0.25, 0.3) is 0 Å². The molecule has 0 radical (unpaired) electrons. The fraction of sp³-hybridized carbons (Fsp3) is 0.895. The van der Waals surface area contributed by atoms with Crippen molar-refractivity contribution in [2.24, 2.45) is 5.41 Å². The molecule has 3 aliphatic rings. The zero-order valence-corrected chi connectivity index (χ0v) is 15.3. The monoisotopic (exact) mass is 349 g/mol. The van der Waals surface area contributed by atoms with Gasteiger partial charge >= 0.3 is 0 Å². The van der Waals surface area contributed by atoms with E-state index in [1.807, 2.05) is 6.92 Å². The molecule has 2 aliphatic heterocycles. The van der Waals surface area contributed by atoms with Crippen molar-refractivity contribution in [2.45, 2.75) is 75.9 Å². The minimum absolute atomic E-state index is 0.0109. The van der Waals surface area contributed by atoms with Crippen LogP contribution in [0.1, 0.15) is 58.3 Å². The molecule has 6 heteroatoms. The van der Waals surface area contributed by atoms with Crippen molar-refractivity contribution in [1.29, 1.82) is 5.26 Å². The highest BCUT2D eigenvalue weighted by Gasteiger charge is 2.44. The summed E-state index contributed by atoms with van der Waals surface area (Å²) in [6.45, 7) is 4.28. The number of hydrogen-bond donors (Lipinski definition) is 2. The number of ether oxygens (including phenoxy) is 1. The fourth-order valence-electron chi connectivity index (χ4n) is 4.85. The first-order valence-corrected chi connectivity index (χ1v) is 9.70. The Hall–Kier alpha value is -1.16. The number of likely N-dealkylation sites (tertiary alicyclic amines) is 1. The maximum atomic E-state index is 12.8. The second-order valence-electron chi connectivity index (χ2n) is 8.24. The Morgan fingerprint density at radius 2 is 2.00 bits per heavy atom. The molecule has 1 spiro atoms. The molecule has 1 amide bonds. The van der Waals surface area contributed by atoms with Crippen LogP contribution in [0.5, 0.6) is 0 Å². The number of aliphatic hydroxyl groups excluding tert-OH is 1. The number of carbonyl (C=O) groups is 1. The van der Waals surface area contributed by atoms with Crippen LogP contribution in [0.2, 0.25) is 0 Å². The minimum atomic E-state index is -0.375. The van der Waals surface area contributed by atoms with Gasteiger partial charge in [-0.2, -0.15) is 5.26 Å². The molecule has 0 aromatic carbocycles. The van der Waals surface area contributed by atoms with E-state index in [1.165, 1.54) is 0 Å². The van der Waals surface area contributed by atoms with E-state index in [0.717, 1.165) is 64.6 Å². The van der Waals surface area contributed by atoms with Crippen LogP contribution in [-0.4, -0.2) is 59.9 Å². The number of carbonyl (C=O) groups excluding carboxylic acids is 1. The Morgan fingerprint density at radius 1 is 1.32 bits per heavy atom. The number of aliphatic hydroxyl groups is 1. The molecule has 2 N–H and O–H groups in total. The van der Waals surface area contributed by atoms with Gasteiger partial charge in [-0.1, -0.05) is 0 Å². The van der Waals surface area contributed by atoms with Gasteiger partial charge in [0.2, 0.25) is 5.91 Å². The molecular weight excluding hydrogens is 318 g/mol. The Balaban J connectivity index is 1.60. The lowest BCUT2D eigenvalue weighted by Crippen LogP contribution is -2.59. The highest BCUT2D eigenvalue weighted by molar-refractivity contribution is 5.82. The van der Waals surface area contributed by atoms with Crippen LogP contribution in [0.25, 0.3) is 0 Å². The summed E-state index contributed by atoms with van der Waals surface area (Å²) in [6.07, 6.45) is 7.83. The molecule has 0 aromatic heterocycles. The largest absolute Gasteiger partial charge is 0.394 e. The second-order valence-corrected chi connectivity index (χ2v) is 8.24. The zero-order chi connectivity index (χ0) is 17.9. The average molecular weight is 349 g/mol. The van der Waals surface area contributed by atoms with Gasteiger partial charge in [-0.05, 0) is 63.7 Å². The molecule has 3 fully saturated rings. The molecule has 140 valence electrons. The molecule has 6 nitrogen and oxygen atoms in total. The predicted molar refractivity (Wildman–Crippen MR) is 93.7 cm³/mol. The van der Waals surface area contributed by atoms with Crippen molar-refractivity contribution in [1.82, 2.24) is 10.2 Å². The minimum Gasteiger partial charge on any atom is -0.394 e. The van der Waals surface area contributed by atoms with Crippen LogP contribution in [0.4, 0.5) is 0 Å².